The Hall–Kier alpha value is -0.393. The van der Waals surface area contributed by atoms with Crippen LogP contribution in [0.1, 0.15) is 47.5 Å². The van der Waals surface area contributed by atoms with E-state index in [9.17, 15) is 4.79 Å². The van der Waals surface area contributed by atoms with E-state index in [1.165, 1.54) is 6.92 Å². The molecule has 1 aliphatic rings. The summed E-state index contributed by atoms with van der Waals surface area (Å²) in [4.78, 5) is 10.9. The Morgan fingerprint density at radius 1 is 1.21 bits per heavy atom. The van der Waals surface area contributed by atoms with Gasteiger partial charge in [0, 0.05) is 13.3 Å². The standard InChI is InChI=1S/C14H28O4Si/c1-6-19(7-2,8-3)18-13-9-10-14(16-11(13)4)17-12(5)15/h11,13-14H,6-10H2,1-5H3/t11-,13-,14?/m0/s1. The predicted octanol–water partition coefficient (Wildman–Crippen LogP) is 3.46. The van der Waals surface area contributed by atoms with Gasteiger partial charge in [0.15, 0.2) is 8.32 Å². The maximum Gasteiger partial charge on any atom is 0.304 e. The molecule has 112 valence electrons. The van der Waals surface area contributed by atoms with Gasteiger partial charge in [-0.2, -0.15) is 0 Å². The van der Waals surface area contributed by atoms with Crippen molar-refractivity contribution < 1.29 is 18.7 Å². The Morgan fingerprint density at radius 3 is 2.21 bits per heavy atom. The first-order valence-corrected chi connectivity index (χ1v) is 9.99. The summed E-state index contributed by atoms with van der Waals surface area (Å²) < 4.78 is 17.3. The van der Waals surface area contributed by atoms with Crippen molar-refractivity contribution in [2.45, 2.75) is 84.1 Å². The topological polar surface area (TPSA) is 44.8 Å². The van der Waals surface area contributed by atoms with Crippen LogP contribution in [0, 0.1) is 0 Å². The first kappa shape index (κ1) is 16.7. The van der Waals surface area contributed by atoms with E-state index in [1.54, 1.807) is 0 Å². The van der Waals surface area contributed by atoms with E-state index >= 15 is 0 Å². The summed E-state index contributed by atoms with van der Waals surface area (Å²) in [6.07, 6.45) is 1.39. The van der Waals surface area contributed by atoms with E-state index in [0.717, 1.165) is 31.0 Å². The number of hydrogen-bond acceptors (Lipinski definition) is 4. The first-order chi connectivity index (χ1) is 8.96. The van der Waals surface area contributed by atoms with E-state index < -0.39 is 14.6 Å². The van der Waals surface area contributed by atoms with Gasteiger partial charge in [-0.25, -0.2) is 0 Å². The van der Waals surface area contributed by atoms with Gasteiger partial charge in [-0.05, 0) is 31.5 Å². The van der Waals surface area contributed by atoms with Crippen LogP contribution in [-0.4, -0.2) is 32.8 Å². The van der Waals surface area contributed by atoms with E-state index in [-0.39, 0.29) is 18.2 Å². The second kappa shape index (κ2) is 7.41. The molecule has 0 saturated carbocycles. The zero-order chi connectivity index (χ0) is 14.5. The lowest BCUT2D eigenvalue weighted by Gasteiger charge is -2.40. The molecule has 0 amide bonds. The van der Waals surface area contributed by atoms with Gasteiger partial charge in [0.05, 0.1) is 12.2 Å². The molecule has 0 radical (unpaired) electrons. The molecule has 1 rings (SSSR count). The van der Waals surface area contributed by atoms with Gasteiger partial charge in [0.2, 0.25) is 6.29 Å². The highest BCUT2D eigenvalue weighted by molar-refractivity contribution is 6.73. The van der Waals surface area contributed by atoms with Crippen LogP contribution >= 0.6 is 0 Å². The van der Waals surface area contributed by atoms with Gasteiger partial charge >= 0.3 is 5.97 Å². The fourth-order valence-electron chi connectivity index (χ4n) is 2.68. The third kappa shape index (κ3) is 4.58. The Bertz CT molecular complexity index is 283. The minimum absolute atomic E-state index is 0.00498. The minimum Gasteiger partial charge on any atom is -0.436 e. The second-order valence-electron chi connectivity index (χ2n) is 5.36. The Morgan fingerprint density at radius 2 is 1.79 bits per heavy atom. The average molecular weight is 288 g/mol. The Balaban J connectivity index is 2.55. The summed E-state index contributed by atoms with van der Waals surface area (Å²) in [6.45, 7) is 10.1. The lowest BCUT2D eigenvalue weighted by atomic mass is 10.1. The zero-order valence-electron chi connectivity index (χ0n) is 12.9. The molecule has 0 aromatic carbocycles. The molecule has 0 aliphatic carbocycles. The third-order valence-corrected chi connectivity index (χ3v) is 8.88. The quantitative estimate of drug-likeness (QED) is 0.554. The predicted molar refractivity (Wildman–Crippen MR) is 77.4 cm³/mol. The molecule has 4 nitrogen and oxygen atoms in total. The maximum absolute atomic E-state index is 10.9. The molecule has 1 unspecified atom stereocenters. The van der Waals surface area contributed by atoms with E-state index in [0.29, 0.717) is 0 Å². The van der Waals surface area contributed by atoms with Gasteiger partial charge in [-0.15, -0.1) is 0 Å². The molecule has 1 heterocycles. The van der Waals surface area contributed by atoms with Gasteiger partial charge < -0.3 is 13.9 Å². The smallest absolute Gasteiger partial charge is 0.304 e. The number of rotatable bonds is 6. The summed E-state index contributed by atoms with van der Waals surface area (Å²) in [5.74, 6) is -0.282. The van der Waals surface area contributed by atoms with Crippen molar-refractivity contribution in [3.8, 4) is 0 Å². The molecule has 5 heteroatoms. The molecule has 0 aromatic heterocycles. The van der Waals surface area contributed by atoms with Crippen LogP contribution in [0.3, 0.4) is 0 Å². The molecule has 3 atom stereocenters. The molecular weight excluding hydrogens is 260 g/mol. The van der Waals surface area contributed by atoms with Crippen LogP contribution in [0.25, 0.3) is 0 Å². The van der Waals surface area contributed by atoms with Gasteiger partial charge in [-0.1, -0.05) is 20.8 Å². The summed E-state index contributed by atoms with van der Waals surface area (Å²) in [6, 6.07) is 3.45. The lowest BCUT2D eigenvalue weighted by Crippen LogP contribution is -2.48. The van der Waals surface area contributed by atoms with Crippen molar-refractivity contribution in [2.75, 3.05) is 0 Å². The fraction of sp³-hybridized carbons (Fsp3) is 0.929. The van der Waals surface area contributed by atoms with Crippen LogP contribution in [0.15, 0.2) is 0 Å². The molecule has 19 heavy (non-hydrogen) atoms. The highest BCUT2D eigenvalue weighted by atomic mass is 28.4. The van der Waals surface area contributed by atoms with Crippen LogP contribution in [0.4, 0.5) is 0 Å². The molecule has 1 saturated heterocycles. The molecular formula is C14H28O4Si. The summed E-state index contributed by atoms with van der Waals surface area (Å²) in [7, 11) is -1.59. The largest absolute Gasteiger partial charge is 0.436 e. The van der Waals surface area contributed by atoms with E-state index in [4.69, 9.17) is 13.9 Å². The van der Waals surface area contributed by atoms with Crippen LogP contribution in [-0.2, 0) is 18.7 Å². The maximum atomic E-state index is 10.9. The molecule has 1 aliphatic heterocycles. The number of carbonyl (C=O) groups excluding carboxylic acids is 1. The van der Waals surface area contributed by atoms with Crippen molar-refractivity contribution in [2.24, 2.45) is 0 Å². The number of carbonyl (C=O) groups is 1. The van der Waals surface area contributed by atoms with Crippen molar-refractivity contribution >= 4 is 14.3 Å². The SMILES string of the molecule is CC[Si](CC)(CC)O[C@H]1CCC(OC(C)=O)O[C@H]1C. The number of esters is 1. The van der Waals surface area contributed by atoms with Gasteiger partial charge in [-0.3, -0.25) is 4.79 Å². The summed E-state index contributed by atoms with van der Waals surface area (Å²) in [5, 5.41) is 0. The summed E-state index contributed by atoms with van der Waals surface area (Å²) in [5.41, 5.74) is 0. The van der Waals surface area contributed by atoms with Crippen LogP contribution in [0.2, 0.25) is 18.1 Å². The first-order valence-electron chi connectivity index (χ1n) is 7.46. The number of hydrogen-bond donors (Lipinski definition) is 0. The van der Waals surface area contributed by atoms with Crippen molar-refractivity contribution in [1.82, 2.24) is 0 Å². The third-order valence-electron chi connectivity index (χ3n) is 4.21. The normalized spacial score (nSPS) is 28.2. The molecule has 0 spiro atoms. The number of ether oxygens (including phenoxy) is 2. The monoisotopic (exact) mass is 288 g/mol. The lowest BCUT2D eigenvalue weighted by molar-refractivity contribution is -0.214. The van der Waals surface area contributed by atoms with Crippen molar-refractivity contribution in [1.29, 1.82) is 0 Å². The average Bonchev–Trinajstić information content (AvgIpc) is 2.38. The Labute approximate surface area is 117 Å². The summed E-state index contributed by atoms with van der Waals surface area (Å²) >= 11 is 0. The molecule has 0 N–H and O–H groups in total. The zero-order valence-corrected chi connectivity index (χ0v) is 13.9. The van der Waals surface area contributed by atoms with Crippen molar-refractivity contribution in [3.63, 3.8) is 0 Å². The minimum atomic E-state index is -1.59. The van der Waals surface area contributed by atoms with Gasteiger partial charge in [0.1, 0.15) is 0 Å². The highest BCUT2D eigenvalue weighted by Crippen LogP contribution is 2.30. The molecule has 0 aromatic rings. The van der Waals surface area contributed by atoms with E-state index in [2.05, 4.69) is 20.8 Å². The fourth-order valence-corrected chi connectivity index (χ4v) is 5.63. The van der Waals surface area contributed by atoms with Crippen molar-refractivity contribution in [3.05, 3.63) is 0 Å². The van der Waals surface area contributed by atoms with E-state index in [1.807, 2.05) is 6.92 Å². The molecule has 0 bridgehead atoms. The molecule has 1 fully saturated rings. The van der Waals surface area contributed by atoms with Crippen LogP contribution in [0.5, 0.6) is 0 Å². The van der Waals surface area contributed by atoms with Gasteiger partial charge in [0.25, 0.3) is 0 Å². The highest BCUT2D eigenvalue weighted by Gasteiger charge is 2.37. The Kier molecular flexibility index (Phi) is 6.49. The second-order valence-corrected chi connectivity index (χ2v) is 10.1. The van der Waals surface area contributed by atoms with Crippen LogP contribution < -0.4 is 0 Å².